The Hall–Kier alpha value is -3.03. The van der Waals surface area contributed by atoms with Crippen LogP contribution in [-0.4, -0.2) is 43.1 Å². The first-order chi connectivity index (χ1) is 15.3. The number of aliphatic imine (C=N–C) groups is 1. The van der Waals surface area contributed by atoms with Crippen LogP contribution in [0.25, 0.3) is 5.57 Å². The van der Waals surface area contributed by atoms with Crippen molar-refractivity contribution >= 4 is 34.1 Å². The Morgan fingerprint density at radius 3 is 2.78 bits per heavy atom. The highest BCUT2D eigenvalue weighted by Gasteiger charge is 2.26. The van der Waals surface area contributed by atoms with Crippen LogP contribution >= 0.6 is 11.8 Å². The molecule has 3 rings (SSSR count). The van der Waals surface area contributed by atoms with Gasteiger partial charge in [-0.3, -0.25) is 4.79 Å². The Morgan fingerprint density at radius 2 is 2.16 bits per heavy atom. The van der Waals surface area contributed by atoms with Crippen molar-refractivity contribution in [3.8, 4) is 11.8 Å². The van der Waals surface area contributed by atoms with Crippen molar-refractivity contribution in [1.29, 1.82) is 0 Å². The number of hydrogen-bond donors (Lipinski definition) is 4. The van der Waals surface area contributed by atoms with E-state index in [9.17, 15) is 13.6 Å². The number of rotatable bonds is 6. The van der Waals surface area contributed by atoms with E-state index in [1.807, 2.05) is 0 Å². The Kier molecular flexibility index (Phi) is 7.77. The standard InChI is InChI=1S/C22H25F2N5O2S/c1-27-13-6-7-14(21(30)29-22(26)32-19(25)8-5-12-3-4-12)15(9-13)16-10-17(20(23)24)28-11-18(16)31-2/h6-7,9-12,17,19-20,27-28H,3-4,25H2,1-2H3,(H2,26,29,30). The zero-order valence-electron chi connectivity index (χ0n) is 17.7. The fourth-order valence-corrected chi connectivity index (χ4v) is 3.50. The minimum Gasteiger partial charge on any atom is -0.495 e. The minimum absolute atomic E-state index is 0.0245. The van der Waals surface area contributed by atoms with Crippen LogP contribution in [0.4, 0.5) is 14.5 Å². The summed E-state index contributed by atoms with van der Waals surface area (Å²) in [6.45, 7) is 0. The SMILES string of the molecule is CNc1ccc(C(=O)N=C(N)SC(N)C#CC2CC2)c(C2=CC(C(F)F)NC=C2OC)c1. The number of alkyl halides is 2. The van der Waals surface area contributed by atoms with Gasteiger partial charge < -0.3 is 26.8 Å². The molecule has 1 aliphatic carbocycles. The fraction of sp³-hybridized carbons (Fsp3) is 0.364. The lowest BCUT2D eigenvalue weighted by Crippen LogP contribution is -2.33. The summed E-state index contributed by atoms with van der Waals surface area (Å²) in [7, 11) is 3.13. The molecule has 0 aromatic heterocycles. The Balaban J connectivity index is 1.92. The number of methoxy groups -OCH3 is 1. The van der Waals surface area contributed by atoms with Crippen molar-refractivity contribution in [3.05, 3.63) is 47.4 Å². The second-order valence-electron chi connectivity index (χ2n) is 7.19. The Labute approximate surface area is 189 Å². The molecule has 170 valence electrons. The largest absolute Gasteiger partial charge is 0.495 e. The monoisotopic (exact) mass is 461 g/mol. The molecule has 2 aliphatic rings. The predicted octanol–water partition coefficient (Wildman–Crippen LogP) is 2.72. The van der Waals surface area contributed by atoms with Crippen LogP contribution in [0.5, 0.6) is 0 Å². The van der Waals surface area contributed by atoms with Crippen molar-refractivity contribution in [1.82, 2.24) is 5.32 Å². The van der Waals surface area contributed by atoms with Crippen molar-refractivity contribution in [3.63, 3.8) is 0 Å². The number of dihydropyridines is 1. The number of thioether (sulfide) groups is 1. The Bertz CT molecular complexity index is 1020. The van der Waals surface area contributed by atoms with E-state index in [4.69, 9.17) is 16.2 Å². The molecular formula is C22H25F2N5O2S. The number of nitrogens with one attached hydrogen (secondary N) is 2. The van der Waals surface area contributed by atoms with Crippen LogP contribution < -0.4 is 22.1 Å². The highest BCUT2D eigenvalue weighted by Crippen LogP contribution is 2.32. The zero-order chi connectivity index (χ0) is 23.3. The van der Waals surface area contributed by atoms with Gasteiger partial charge in [-0.1, -0.05) is 23.6 Å². The summed E-state index contributed by atoms with van der Waals surface area (Å²) >= 11 is 0.990. The molecule has 0 spiro atoms. The van der Waals surface area contributed by atoms with Gasteiger partial charge >= 0.3 is 0 Å². The highest BCUT2D eigenvalue weighted by atomic mass is 32.2. The van der Waals surface area contributed by atoms with Crippen molar-refractivity contribution < 1.29 is 18.3 Å². The molecule has 1 aliphatic heterocycles. The number of benzene rings is 1. The quantitative estimate of drug-likeness (QED) is 0.223. The van der Waals surface area contributed by atoms with Gasteiger partial charge in [0.2, 0.25) is 0 Å². The van der Waals surface area contributed by atoms with E-state index in [0.717, 1.165) is 24.6 Å². The molecule has 2 unspecified atom stereocenters. The molecule has 1 amide bonds. The van der Waals surface area contributed by atoms with Crippen LogP contribution in [0.15, 0.2) is 41.2 Å². The molecule has 6 N–H and O–H groups in total. The lowest BCUT2D eigenvalue weighted by molar-refractivity contribution is 0.100. The molecule has 1 saturated carbocycles. The number of amides is 1. The number of amidine groups is 1. The minimum atomic E-state index is -2.64. The van der Waals surface area contributed by atoms with E-state index in [-0.39, 0.29) is 10.7 Å². The number of allylic oxidation sites excluding steroid dienone is 1. The lowest BCUT2D eigenvalue weighted by atomic mass is 9.94. The maximum Gasteiger partial charge on any atom is 0.280 e. The molecule has 10 heteroatoms. The van der Waals surface area contributed by atoms with Gasteiger partial charge in [-0.15, -0.1) is 0 Å². The first-order valence-electron chi connectivity index (χ1n) is 9.97. The number of carbonyl (C=O) groups is 1. The summed E-state index contributed by atoms with van der Waals surface area (Å²) in [6, 6.07) is 3.69. The van der Waals surface area contributed by atoms with E-state index in [0.29, 0.717) is 28.5 Å². The maximum absolute atomic E-state index is 13.3. The van der Waals surface area contributed by atoms with Gasteiger partial charge in [0.15, 0.2) is 5.17 Å². The second kappa shape index (κ2) is 10.5. The maximum atomic E-state index is 13.3. The third kappa shape index (κ3) is 6.02. The summed E-state index contributed by atoms with van der Waals surface area (Å²) in [5.74, 6) is 6.02. The van der Waals surface area contributed by atoms with Gasteiger partial charge in [0.05, 0.1) is 7.11 Å². The molecule has 0 saturated heterocycles. The number of hydrogen-bond acceptors (Lipinski definition) is 6. The normalized spacial score (nSPS) is 19.2. The lowest BCUT2D eigenvalue weighted by Gasteiger charge is -2.24. The molecule has 0 bridgehead atoms. The fourth-order valence-electron chi connectivity index (χ4n) is 2.98. The molecule has 1 aromatic rings. The van der Waals surface area contributed by atoms with Crippen LogP contribution in [-0.2, 0) is 4.74 Å². The van der Waals surface area contributed by atoms with E-state index >= 15 is 0 Å². The van der Waals surface area contributed by atoms with Crippen LogP contribution in [0.3, 0.4) is 0 Å². The van der Waals surface area contributed by atoms with E-state index in [1.165, 1.54) is 19.4 Å². The summed E-state index contributed by atoms with van der Waals surface area (Å²) < 4.78 is 32.0. The third-order valence-corrected chi connectivity index (χ3v) is 5.51. The average molecular weight is 462 g/mol. The van der Waals surface area contributed by atoms with E-state index in [1.54, 1.807) is 25.2 Å². The van der Waals surface area contributed by atoms with Gasteiger partial charge in [-0.25, -0.2) is 8.78 Å². The average Bonchev–Trinajstić information content (AvgIpc) is 3.61. The number of anilines is 1. The molecule has 32 heavy (non-hydrogen) atoms. The van der Waals surface area contributed by atoms with Gasteiger partial charge in [0.1, 0.15) is 17.2 Å². The highest BCUT2D eigenvalue weighted by molar-refractivity contribution is 8.14. The molecule has 1 aromatic carbocycles. The summed E-state index contributed by atoms with van der Waals surface area (Å²) in [4.78, 5) is 16.9. The van der Waals surface area contributed by atoms with E-state index < -0.39 is 23.7 Å². The summed E-state index contributed by atoms with van der Waals surface area (Å²) in [6.07, 6.45) is 2.20. The molecular weight excluding hydrogens is 436 g/mol. The summed E-state index contributed by atoms with van der Waals surface area (Å²) in [5, 5.41) is 4.94. The van der Waals surface area contributed by atoms with Crippen molar-refractivity contribution in [2.45, 2.75) is 30.7 Å². The Morgan fingerprint density at radius 1 is 1.41 bits per heavy atom. The smallest absolute Gasteiger partial charge is 0.280 e. The second-order valence-corrected chi connectivity index (χ2v) is 8.35. The predicted molar refractivity (Wildman–Crippen MR) is 124 cm³/mol. The molecule has 7 nitrogen and oxygen atoms in total. The van der Waals surface area contributed by atoms with Gasteiger partial charge in [0, 0.05) is 41.6 Å². The number of carbonyl (C=O) groups excluding carboxylic acids is 1. The van der Waals surface area contributed by atoms with Crippen molar-refractivity contribution in [2.75, 3.05) is 19.5 Å². The van der Waals surface area contributed by atoms with Gasteiger partial charge in [-0.2, -0.15) is 4.99 Å². The molecule has 1 heterocycles. The van der Waals surface area contributed by atoms with Crippen LogP contribution in [0, 0.1) is 17.8 Å². The van der Waals surface area contributed by atoms with E-state index in [2.05, 4.69) is 27.5 Å². The topological polar surface area (TPSA) is 115 Å². The molecule has 0 radical (unpaired) electrons. The molecule has 2 atom stereocenters. The zero-order valence-corrected chi connectivity index (χ0v) is 18.5. The van der Waals surface area contributed by atoms with Crippen LogP contribution in [0.1, 0.15) is 28.8 Å². The first-order valence-corrected chi connectivity index (χ1v) is 10.8. The number of ether oxygens (including phenoxy) is 1. The van der Waals surface area contributed by atoms with Gasteiger partial charge in [0.25, 0.3) is 12.3 Å². The van der Waals surface area contributed by atoms with Gasteiger partial charge in [-0.05, 0) is 37.1 Å². The first kappa shape index (κ1) is 23.6. The van der Waals surface area contributed by atoms with Crippen molar-refractivity contribution in [2.24, 2.45) is 22.4 Å². The summed E-state index contributed by atoms with van der Waals surface area (Å²) in [5.41, 5.74) is 13.5. The van der Waals surface area contributed by atoms with Crippen LogP contribution in [0.2, 0.25) is 0 Å². The third-order valence-electron chi connectivity index (χ3n) is 4.81. The number of halogens is 2. The number of nitrogens with two attached hydrogens (primary N) is 2. The molecule has 1 fully saturated rings. The number of nitrogens with zero attached hydrogens (tertiary/aromatic N) is 1.